The molecule has 0 aliphatic carbocycles. The Morgan fingerprint density at radius 1 is 1.53 bits per heavy atom. The number of aliphatic hydroxyl groups is 1. The molecule has 0 radical (unpaired) electrons. The molecule has 1 aromatic carbocycles. The van der Waals surface area contributed by atoms with Crippen molar-refractivity contribution in [2.45, 2.75) is 31.9 Å². The van der Waals surface area contributed by atoms with Gasteiger partial charge in [-0.1, -0.05) is 12.1 Å². The number of morpholine rings is 1. The standard InChI is InChI=1S/C15H22FNO2/c1-12(17-7-8-19-15(10-17)11-18)5-6-13-3-2-4-14(16)9-13/h2-4,9,12,15,18H,5-8,10-11H2,1H3/t12-,15-/m1/s1. The van der Waals surface area contributed by atoms with Gasteiger partial charge in [0.2, 0.25) is 0 Å². The van der Waals surface area contributed by atoms with Gasteiger partial charge < -0.3 is 9.84 Å². The number of hydrogen-bond donors (Lipinski definition) is 1. The van der Waals surface area contributed by atoms with Crippen molar-refractivity contribution in [2.75, 3.05) is 26.3 Å². The number of halogens is 1. The minimum atomic E-state index is -0.170. The summed E-state index contributed by atoms with van der Waals surface area (Å²) in [6, 6.07) is 7.21. The van der Waals surface area contributed by atoms with Crippen LogP contribution >= 0.6 is 0 Å². The van der Waals surface area contributed by atoms with Crippen molar-refractivity contribution in [3.63, 3.8) is 0 Å². The molecule has 1 aliphatic heterocycles. The van der Waals surface area contributed by atoms with E-state index in [1.54, 1.807) is 12.1 Å². The molecule has 0 aromatic heterocycles. The van der Waals surface area contributed by atoms with E-state index in [0.717, 1.165) is 31.5 Å². The predicted octanol–water partition coefficient (Wildman–Crippen LogP) is 1.84. The lowest BCUT2D eigenvalue weighted by atomic mass is 10.0. The molecule has 1 heterocycles. The van der Waals surface area contributed by atoms with Crippen LogP contribution in [0.3, 0.4) is 0 Å². The van der Waals surface area contributed by atoms with E-state index >= 15 is 0 Å². The molecule has 0 unspecified atom stereocenters. The summed E-state index contributed by atoms with van der Waals surface area (Å²) in [5.74, 6) is -0.170. The van der Waals surface area contributed by atoms with E-state index in [0.29, 0.717) is 12.6 Å². The van der Waals surface area contributed by atoms with E-state index in [9.17, 15) is 4.39 Å². The second-order valence-electron chi connectivity index (χ2n) is 5.19. The first kappa shape index (κ1) is 14.4. The van der Waals surface area contributed by atoms with Crippen LogP contribution in [0.15, 0.2) is 24.3 Å². The fraction of sp³-hybridized carbons (Fsp3) is 0.600. The van der Waals surface area contributed by atoms with Crippen LogP contribution in [0.5, 0.6) is 0 Å². The Hall–Kier alpha value is -0.970. The second kappa shape index (κ2) is 6.98. The molecule has 0 spiro atoms. The van der Waals surface area contributed by atoms with Crippen molar-refractivity contribution in [2.24, 2.45) is 0 Å². The zero-order chi connectivity index (χ0) is 13.7. The lowest BCUT2D eigenvalue weighted by Gasteiger charge is -2.36. The smallest absolute Gasteiger partial charge is 0.123 e. The van der Waals surface area contributed by atoms with Gasteiger partial charge in [0.25, 0.3) is 0 Å². The summed E-state index contributed by atoms with van der Waals surface area (Å²) in [5, 5.41) is 9.14. The number of aliphatic hydroxyl groups excluding tert-OH is 1. The average Bonchev–Trinajstić information content (AvgIpc) is 2.45. The molecule has 1 aliphatic rings. The van der Waals surface area contributed by atoms with Crippen LogP contribution in [0.2, 0.25) is 0 Å². The Morgan fingerprint density at radius 3 is 3.11 bits per heavy atom. The molecule has 0 bridgehead atoms. The molecule has 2 rings (SSSR count). The topological polar surface area (TPSA) is 32.7 Å². The Balaban J connectivity index is 1.82. The fourth-order valence-corrected chi connectivity index (χ4v) is 2.50. The molecule has 2 atom stereocenters. The van der Waals surface area contributed by atoms with Gasteiger partial charge in [0, 0.05) is 19.1 Å². The van der Waals surface area contributed by atoms with Crippen LogP contribution in [-0.2, 0) is 11.2 Å². The monoisotopic (exact) mass is 267 g/mol. The van der Waals surface area contributed by atoms with Crippen molar-refractivity contribution in [3.05, 3.63) is 35.6 Å². The number of ether oxygens (including phenoxy) is 1. The summed E-state index contributed by atoms with van der Waals surface area (Å²) < 4.78 is 18.5. The number of rotatable bonds is 5. The summed E-state index contributed by atoms with van der Waals surface area (Å²) in [6.07, 6.45) is 1.80. The third-order valence-corrected chi connectivity index (χ3v) is 3.74. The Bertz CT molecular complexity index is 399. The first-order chi connectivity index (χ1) is 9.19. The van der Waals surface area contributed by atoms with E-state index in [4.69, 9.17) is 9.84 Å². The molecule has 1 aromatic rings. The van der Waals surface area contributed by atoms with Gasteiger partial charge in [-0.15, -0.1) is 0 Å². The molecule has 1 N–H and O–H groups in total. The highest BCUT2D eigenvalue weighted by molar-refractivity contribution is 5.16. The lowest BCUT2D eigenvalue weighted by Crippen LogP contribution is -2.48. The molecule has 1 saturated heterocycles. The minimum absolute atomic E-state index is 0.0645. The molecule has 0 saturated carbocycles. The summed E-state index contributed by atoms with van der Waals surface area (Å²) in [7, 11) is 0. The number of benzene rings is 1. The van der Waals surface area contributed by atoms with Gasteiger partial charge in [-0.25, -0.2) is 4.39 Å². The van der Waals surface area contributed by atoms with E-state index < -0.39 is 0 Å². The number of hydrogen-bond acceptors (Lipinski definition) is 3. The third-order valence-electron chi connectivity index (χ3n) is 3.74. The zero-order valence-corrected chi connectivity index (χ0v) is 11.4. The Labute approximate surface area is 114 Å². The van der Waals surface area contributed by atoms with Crippen molar-refractivity contribution in [3.8, 4) is 0 Å². The average molecular weight is 267 g/mol. The van der Waals surface area contributed by atoms with Gasteiger partial charge in [0.1, 0.15) is 5.82 Å². The van der Waals surface area contributed by atoms with Crippen LogP contribution < -0.4 is 0 Å². The van der Waals surface area contributed by atoms with Crippen LogP contribution in [-0.4, -0.2) is 48.5 Å². The largest absolute Gasteiger partial charge is 0.394 e. The molecule has 19 heavy (non-hydrogen) atoms. The number of nitrogens with zero attached hydrogens (tertiary/aromatic N) is 1. The summed E-state index contributed by atoms with van der Waals surface area (Å²) in [5.41, 5.74) is 1.04. The highest BCUT2D eigenvalue weighted by Gasteiger charge is 2.23. The van der Waals surface area contributed by atoms with Gasteiger partial charge in [0.15, 0.2) is 0 Å². The maximum Gasteiger partial charge on any atom is 0.123 e. The number of aryl methyl sites for hydroxylation is 1. The molecular weight excluding hydrogens is 245 g/mol. The second-order valence-corrected chi connectivity index (χ2v) is 5.19. The third kappa shape index (κ3) is 4.27. The van der Waals surface area contributed by atoms with Crippen molar-refractivity contribution >= 4 is 0 Å². The maximum absolute atomic E-state index is 13.1. The lowest BCUT2D eigenvalue weighted by molar-refractivity contribution is -0.0635. The maximum atomic E-state index is 13.1. The fourth-order valence-electron chi connectivity index (χ4n) is 2.50. The van der Waals surface area contributed by atoms with Crippen LogP contribution in [0.4, 0.5) is 4.39 Å². The van der Waals surface area contributed by atoms with Crippen LogP contribution in [0, 0.1) is 5.82 Å². The molecule has 4 heteroatoms. The van der Waals surface area contributed by atoms with Gasteiger partial charge >= 0.3 is 0 Å². The first-order valence-electron chi connectivity index (χ1n) is 6.90. The normalized spacial score (nSPS) is 22.4. The summed E-state index contributed by atoms with van der Waals surface area (Å²) >= 11 is 0. The van der Waals surface area contributed by atoms with Crippen molar-refractivity contribution < 1.29 is 14.2 Å². The predicted molar refractivity (Wildman–Crippen MR) is 72.6 cm³/mol. The molecule has 1 fully saturated rings. The van der Waals surface area contributed by atoms with Crippen LogP contribution in [0.25, 0.3) is 0 Å². The van der Waals surface area contributed by atoms with Gasteiger partial charge in [-0.05, 0) is 37.5 Å². The quantitative estimate of drug-likeness (QED) is 0.883. The molecule has 106 valence electrons. The Kier molecular flexibility index (Phi) is 5.31. The highest BCUT2D eigenvalue weighted by atomic mass is 19.1. The summed E-state index contributed by atoms with van der Waals surface area (Å²) in [4.78, 5) is 2.34. The van der Waals surface area contributed by atoms with Gasteiger partial charge in [-0.3, -0.25) is 4.90 Å². The zero-order valence-electron chi connectivity index (χ0n) is 11.4. The van der Waals surface area contributed by atoms with E-state index in [-0.39, 0.29) is 18.5 Å². The first-order valence-corrected chi connectivity index (χ1v) is 6.90. The van der Waals surface area contributed by atoms with Crippen LogP contribution in [0.1, 0.15) is 18.9 Å². The highest BCUT2D eigenvalue weighted by Crippen LogP contribution is 2.14. The van der Waals surface area contributed by atoms with Gasteiger partial charge in [-0.2, -0.15) is 0 Å². The Morgan fingerprint density at radius 2 is 2.37 bits per heavy atom. The van der Waals surface area contributed by atoms with E-state index in [1.807, 2.05) is 6.07 Å². The van der Waals surface area contributed by atoms with E-state index in [2.05, 4.69) is 11.8 Å². The molecule has 3 nitrogen and oxygen atoms in total. The van der Waals surface area contributed by atoms with Crippen molar-refractivity contribution in [1.29, 1.82) is 0 Å². The minimum Gasteiger partial charge on any atom is -0.394 e. The molecular formula is C15H22FNO2. The van der Waals surface area contributed by atoms with Gasteiger partial charge in [0.05, 0.1) is 19.3 Å². The summed E-state index contributed by atoms with van der Waals surface area (Å²) in [6.45, 7) is 4.61. The van der Waals surface area contributed by atoms with Crippen molar-refractivity contribution in [1.82, 2.24) is 4.90 Å². The molecule has 0 amide bonds. The SMILES string of the molecule is C[C@H](CCc1cccc(F)c1)N1CCO[C@@H](CO)C1. The van der Waals surface area contributed by atoms with E-state index in [1.165, 1.54) is 6.07 Å².